The normalized spacial score (nSPS) is 27.4. The van der Waals surface area contributed by atoms with E-state index in [4.69, 9.17) is 17.2 Å². The maximum atomic E-state index is 15.4. The number of rotatable bonds is 19. The van der Waals surface area contributed by atoms with E-state index in [9.17, 15) is 63.3 Å². The number of hydrogen-bond acceptors (Lipinski definition) is 21. The number of carbonyl (C=O) groups is 15. The van der Waals surface area contributed by atoms with Crippen molar-refractivity contribution in [2.24, 2.45) is 34.0 Å². The molecule has 2 aromatic carbocycles. The lowest BCUT2D eigenvalue weighted by molar-refractivity contribution is -0.149. The van der Waals surface area contributed by atoms with E-state index < -0.39 is 210 Å². The molecular formula is C72H106N18O18S2. The van der Waals surface area contributed by atoms with Gasteiger partial charge in [0.05, 0.1) is 19.6 Å². The minimum absolute atomic E-state index is 0.00478. The van der Waals surface area contributed by atoms with Crippen LogP contribution in [0.4, 0.5) is 0 Å². The Labute approximate surface area is 645 Å². The number of amides is 14. The first-order chi connectivity index (χ1) is 52.5. The second-order valence-corrected chi connectivity index (χ2v) is 30.8. The zero-order valence-electron chi connectivity index (χ0n) is 62.3. The molecule has 5 saturated heterocycles. The fourth-order valence-corrected chi connectivity index (χ4v) is 15.9. The van der Waals surface area contributed by atoms with Crippen LogP contribution < -0.4 is 75.7 Å². The van der Waals surface area contributed by atoms with Crippen molar-refractivity contribution >= 4 is 116 Å². The second-order valence-electron chi connectivity index (χ2n) is 28.2. The minimum Gasteiger partial charge on any atom is -0.508 e. The monoisotopic (exact) mass is 1570 g/mol. The van der Waals surface area contributed by atoms with Crippen molar-refractivity contribution in [2.75, 3.05) is 57.4 Å². The number of fused-ring (bicyclic) bond motifs is 8. The molecule has 110 heavy (non-hydrogen) atoms. The number of phenols is 1. The molecule has 5 fully saturated rings. The van der Waals surface area contributed by atoms with Gasteiger partial charge in [0.1, 0.15) is 84.3 Å². The largest absolute Gasteiger partial charge is 0.508 e. The summed E-state index contributed by atoms with van der Waals surface area (Å²) < 4.78 is 0. The van der Waals surface area contributed by atoms with Gasteiger partial charge in [-0.2, -0.15) is 0 Å². The number of aliphatic hydroxyl groups excluding tert-OH is 1. The number of guanidine groups is 1. The van der Waals surface area contributed by atoms with Gasteiger partial charge in [-0.05, 0) is 112 Å². The third-order valence-corrected chi connectivity index (χ3v) is 22.6. The number of nitrogens with zero attached hydrogens (tertiary/aromatic N) is 4. The molecule has 5 aliphatic heterocycles. The summed E-state index contributed by atoms with van der Waals surface area (Å²) in [7, 11) is 1.75. The molecule has 2 bridgehead atoms. The van der Waals surface area contributed by atoms with Gasteiger partial charge in [-0.3, -0.25) is 76.9 Å². The number of aliphatic hydroxyl groups is 1. The van der Waals surface area contributed by atoms with Crippen LogP contribution in [0.1, 0.15) is 129 Å². The van der Waals surface area contributed by atoms with Gasteiger partial charge in [0, 0.05) is 50.5 Å². The molecule has 36 nitrogen and oxygen atoms in total. The quantitative estimate of drug-likeness (QED) is 0.0278. The van der Waals surface area contributed by atoms with Gasteiger partial charge in [-0.15, -0.1) is 0 Å². The fraction of sp³-hybridized carbons (Fsp3) is 0.611. The van der Waals surface area contributed by atoms with Crippen LogP contribution in [0.15, 0.2) is 59.6 Å². The lowest BCUT2D eigenvalue weighted by Crippen LogP contribution is -2.62. The molecule has 38 heteroatoms. The Morgan fingerprint density at radius 1 is 0.509 bits per heavy atom. The number of carboxylic acids is 1. The highest BCUT2D eigenvalue weighted by Gasteiger charge is 2.47. The van der Waals surface area contributed by atoms with Gasteiger partial charge in [0.25, 0.3) is 0 Å². The number of hydrogen-bond donors (Lipinski definition) is 17. The summed E-state index contributed by atoms with van der Waals surface area (Å²) >= 11 is 0. The Morgan fingerprint density at radius 3 is 1.57 bits per heavy atom. The van der Waals surface area contributed by atoms with E-state index in [1.807, 2.05) is 0 Å². The lowest BCUT2D eigenvalue weighted by atomic mass is 9.96. The van der Waals surface area contributed by atoms with E-state index in [2.05, 4.69) is 63.5 Å². The highest BCUT2D eigenvalue weighted by Crippen LogP contribution is 2.29. The molecule has 0 saturated carbocycles. The summed E-state index contributed by atoms with van der Waals surface area (Å²) in [6, 6.07) is -5.64. The molecule has 0 aromatic heterocycles. The van der Waals surface area contributed by atoms with Crippen LogP contribution in [0.25, 0.3) is 0 Å². The number of aromatic hydroxyl groups is 1. The van der Waals surface area contributed by atoms with Crippen LogP contribution in [-0.4, -0.2) is 261 Å². The lowest BCUT2D eigenvalue weighted by Gasteiger charge is -2.35. The van der Waals surface area contributed by atoms with Gasteiger partial charge >= 0.3 is 5.97 Å². The number of carboxylic acid groups (broad SMARTS) is 1. The number of aliphatic carboxylic acids is 1. The highest BCUT2D eigenvalue weighted by molar-refractivity contribution is 8.76. The van der Waals surface area contributed by atoms with E-state index in [1.54, 1.807) is 58.0 Å². The molecule has 7 rings (SSSR count). The molecular weight excluding hydrogens is 1470 g/mol. The van der Waals surface area contributed by atoms with Crippen molar-refractivity contribution in [3.63, 3.8) is 0 Å². The number of nitrogens with two attached hydrogens (primary N) is 3. The van der Waals surface area contributed by atoms with Crippen LogP contribution in [0.5, 0.6) is 5.75 Å². The maximum Gasteiger partial charge on any atom is 0.305 e. The van der Waals surface area contributed by atoms with Crippen molar-refractivity contribution in [1.82, 2.24) is 73.2 Å². The fourth-order valence-electron chi connectivity index (χ4n) is 13.6. The number of benzene rings is 2. The average Bonchev–Trinajstić information content (AvgIpc) is 1.63. The van der Waals surface area contributed by atoms with Crippen LogP contribution in [-0.2, 0) is 84.8 Å². The molecule has 0 radical (unpaired) electrons. The standard InChI is InChI=1S/C72H106N18O18S2/c1-5-39(3)57-68(105)85-51-38-110-109-37-50(84-60(97)44(19-12-28-76-72(74)75)78-55(93)35-77-59(96)47(34-56(94)95)81-66(103)52-20-13-29-88(52)69(106)48(82-65(51)102)33-41-16-8-7-9-17-41)64(101)80-46(32-42-23-25-43(92)26-24-42)62(99)79-45(18-10-11-27-73)61(98)83-49(36-91)63(100)87-58(40(4)6-2)71(108)90-31-15-22-54(90)70(107)89-30-14-21-53(89)67(104)86-57/h7-9,16-17,23-26,39-40,44-54,57-58,91-92H,5-6,10-15,18-22,27-38,73H2,1-4H3,(H,77,96)(H,78,93)(H,79,99)(H,80,101)(H,81,103)(H,82,102)(H,83,98)(H,84,97)(H,85,105)(H,86,104)(H,87,100)(H,94,95)(H4,74,75,76)/t39-,40-,44-,45-,46-,47-,48-,49-,50-,51-,52-,53-,54-,57-,58-/m0/s1. The molecule has 0 aliphatic carbocycles. The average molecular weight is 1580 g/mol. The first-order valence-corrected chi connectivity index (χ1v) is 39.9. The SMILES string of the molecule is CC[C@H](C)[C@@H]1NC(=O)[C@@H]2CCCN2C(=O)[C@@H]2CCCN2C(=O)[C@H]([C@@H](C)CC)NC(=O)[C@H](CO)NC(=O)[C@H](CCCCN)NC(=O)[C@H](Cc2ccc(O)cc2)NC(=O)[C@@H]2CSSC[C@H](NC1=O)C(=O)N[C@@H](Cc1ccccc1)C(=O)N1CCC[C@H]1C(=O)N[C@@H](CC(=O)O)C(=O)NCC(=O)N[C@@H](CCCN=C(N)N)C(=O)N2. The predicted molar refractivity (Wildman–Crippen MR) is 404 cm³/mol. The molecule has 604 valence electrons. The predicted octanol–water partition coefficient (Wildman–Crippen LogP) is -3.74. The highest BCUT2D eigenvalue weighted by atomic mass is 33.1. The summed E-state index contributed by atoms with van der Waals surface area (Å²) in [6.45, 7) is 5.14. The Morgan fingerprint density at radius 2 is 0.982 bits per heavy atom. The van der Waals surface area contributed by atoms with Crippen LogP contribution in [0.2, 0.25) is 0 Å². The van der Waals surface area contributed by atoms with Crippen molar-refractivity contribution in [3.8, 4) is 5.75 Å². The molecule has 15 atom stereocenters. The minimum atomic E-state index is -1.85. The van der Waals surface area contributed by atoms with Crippen molar-refractivity contribution in [3.05, 3.63) is 65.7 Å². The molecule has 0 unspecified atom stereocenters. The third kappa shape index (κ3) is 25.1. The number of carbonyl (C=O) groups excluding carboxylic acids is 14. The summed E-state index contributed by atoms with van der Waals surface area (Å²) in [5.41, 5.74) is 18.0. The Kier molecular flexibility index (Phi) is 34.1. The number of phenolic OH excluding ortho intramolecular Hbond substituents is 1. The smallest absolute Gasteiger partial charge is 0.305 e. The number of aliphatic imine (C=N–C) groups is 1. The van der Waals surface area contributed by atoms with Crippen molar-refractivity contribution in [2.45, 2.75) is 209 Å². The first-order valence-electron chi connectivity index (χ1n) is 37.4. The Balaban J connectivity index is 1.38. The summed E-state index contributed by atoms with van der Waals surface area (Å²) in [5, 5.41) is 60.0. The zero-order valence-corrected chi connectivity index (χ0v) is 64.0. The van der Waals surface area contributed by atoms with E-state index >= 15 is 24.0 Å². The second kappa shape index (κ2) is 43.0. The van der Waals surface area contributed by atoms with E-state index in [1.165, 1.54) is 39.0 Å². The molecule has 14 amide bonds. The van der Waals surface area contributed by atoms with Crippen LogP contribution >= 0.6 is 21.6 Å². The number of nitrogens with one attached hydrogen (secondary N) is 11. The Bertz CT molecular complexity index is 3640. The van der Waals surface area contributed by atoms with Gasteiger partial charge < -0.3 is 106 Å². The molecule has 20 N–H and O–H groups in total. The number of unbranched alkanes of at least 4 members (excludes halogenated alkanes) is 1. The first kappa shape index (κ1) is 87.4. The molecule has 0 spiro atoms. The van der Waals surface area contributed by atoms with Gasteiger partial charge in [-0.1, -0.05) is 105 Å². The molecule has 5 heterocycles. The zero-order chi connectivity index (χ0) is 80.3. The van der Waals surface area contributed by atoms with Gasteiger partial charge in [0.2, 0.25) is 82.7 Å². The van der Waals surface area contributed by atoms with E-state index in [-0.39, 0.29) is 115 Å². The van der Waals surface area contributed by atoms with E-state index in [0.717, 1.165) is 21.6 Å². The van der Waals surface area contributed by atoms with Gasteiger partial charge in [0.15, 0.2) is 5.96 Å². The van der Waals surface area contributed by atoms with Crippen LogP contribution in [0, 0.1) is 11.8 Å². The van der Waals surface area contributed by atoms with Crippen molar-refractivity contribution < 1.29 is 87.2 Å². The van der Waals surface area contributed by atoms with Crippen molar-refractivity contribution in [1.29, 1.82) is 0 Å². The molecule has 5 aliphatic rings. The van der Waals surface area contributed by atoms with E-state index in [0.29, 0.717) is 36.8 Å². The third-order valence-electron chi connectivity index (χ3n) is 20.2. The topological polar surface area (TPSA) is 549 Å². The summed E-state index contributed by atoms with van der Waals surface area (Å²) in [4.78, 5) is 228. The Hall–Kier alpha value is -9.82. The summed E-state index contributed by atoms with van der Waals surface area (Å²) in [5.74, 6) is -17.0. The molecule has 2 aromatic rings. The van der Waals surface area contributed by atoms with Gasteiger partial charge in [-0.25, -0.2) is 0 Å². The van der Waals surface area contributed by atoms with Crippen LogP contribution in [0.3, 0.4) is 0 Å². The maximum absolute atomic E-state index is 15.4. The summed E-state index contributed by atoms with van der Waals surface area (Å²) in [6.07, 6.45) is 0.473.